The summed E-state index contributed by atoms with van der Waals surface area (Å²) in [4.78, 5) is 26.2. The molecule has 0 saturated carbocycles. The molecule has 0 spiro atoms. The number of halogens is 1. The van der Waals surface area contributed by atoms with Crippen molar-refractivity contribution in [2.75, 3.05) is 20.3 Å². The third-order valence-electron chi connectivity index (χ3n) is 4.17. The third kappa shape index (κ3) is 5.04. The van der Waals surface area contributed by atoms with Gasteiger partial charge in [0.05, 0.1) is 18.1 Å². The van der Waals surface area contributed by atoms with Crippen LogP contribution in [0.3, 0.4) is 0 Å². The van der Waals surface area contributed by atoms with Crippen LogP contribution < -0.4 is 4.74 Å². The molecule has 2 amide bonds. The number of thioether (sulfide) groups is 1. The van der Waals surface area contributed by atoms with Gasteiger partial charge in [-0.2, -0.15) is 0 Å². The molecule has 0 atom stereocenters. The molecule has 1 heterocycles. The molecule has 146 valence electrons. The molecule has 0 aromatic heterocycles. The van der Waals surface area contributed by atoms with Gasteiger partial charge in [0.1, 0.15) is 12.4 Å². The maximum Gasteiger partial charge on any atom is 0.293 e. The number of carbonyl (C=O) groups excluding carboxylic acids is 2. The molecule has 0 bridgehead atoms. The van der Waals surface area contributed by atoms with Crippen LogP contribution in [-0.2, 0) is 16.1 Å². The molecule has 5 nitrogen and oxygen atoms in total. The van der Waals surface area contributed by atoms with Crippen LogP contribution in [0, 0.1) is 6.92 Å². The lowest BCUT2D eigenvalue weighted by molar-refractivity contribution is -0.123. The second-order valence-corrected chi connectivity index (χ2v) is 8.19. The molecular formula is C21H20BrNO4S. The second kappa shape index (κ2) is 9.41. The summed E-state index contributed by atoms with van der Waals surface area (Å²) >= 11 is 4.38. The van der Waals surface area contributed by atoms with Crippen molar-refractivity contribution in [2.45, 2.75) is 13.5 Å². The van der Waals surface area contributed by atoms with Crippen molar-refractivity contribution in [3.8, 4) is 5.75 Å². The van der Waals surface area contributed by atoms with Crippen molar-refractivity contribution in [2.24, 2.45) is 0 Å². The summed E-state index contributed by atoms with van der Waals surface area (Å²) in [5.74, 6) is 0.337. The summed E-state index contributed by atoms with van der Waals surface area (Å²) < 4.78 is 11.8. The van der Waals surface area contributed by atoms with Crippen LogP contribution in [0.4, 0.5) is 4.79 Å². The maximum atomic E-state index is 12.5. The van der Waals surface area contributed by atoms with Crippen molar-refractivity contribution in [3.63, 3.8) is 0 Å². The molecule has 2 aromatic rings. The number of carbonyl (C=O) groups is 2. The van der Waals surface area contributed by atoms with E-state index in [2.05, 4.69) is 15.9 Å². The second-order valence-electron chi connectivity index (χ2n) is 6.28. The van der Waals surface area contributed by atoms with Crippen molar-refractivity contribution in [3.05, 3.63) is 68.5 Å². The number of amides is 2. The lowest BCUT2D eigenvalue weighted by Gasteiger charge is -2.12. The molecule has 0 aliphatic carbocycles. The first-order valence-electron chi connectivity index (χ1n) is 8.70. The molecule has 28 heavy (non-hydrogen) atoms. The Labute approximate surface area is 176 Å². The number of rotatable bonds is 7. The van der Waals surface area contributed by atoms with Crippen molar-refractivity contribution in [1.29, 1.82) is 0 Å². The average molecular weight is 462 g/mol. The van der Waals surface area contributed by atoms with Gasteiger partial charge >= 0.3 is 0 Å². The number of ether oxygens (including phenoxy) is 2. The van der Waals surface area contributed by atoms with Crippen molar-refractivity contribution < 1.29 is 19.1 Å². The Balaban J connectivity index is 1.80. The average Bonchev–Trinajstić information content (AvgIpc) is 2.94. The van der Waals surface area contributed by atoms with Crippen LogP contribution in [0.2, 0.25) is 0 Å². The zero-order valence-corrected chi connectivity index (χ0v) is 18.0. The van der Waals surface area contributed by atoms with Crippen molar-refractivity contribution >= 4 is 44.9 Å². The SMILES string of the molecule is COCCN1C(=O)S/C(=C/c2cc(Br)ccc2OCc2ccc(C)cc2)C1=O. The summed E-state index contributed by atoms with van der Waals surface area (Å²) in [5, 5.41) is -0.287. The zero-order chi connectivity index (χ0) is 20.1. The Morgan fingerprint density at radius 3 is 2.61 bits per heavy atom. The molecule has 3 rings (SSSR count). The van der Waals surface area contributed by atoms with Crippen LogP contribution in [0.5, 0.6) is 5.75 Å². The predicted octanol–water partition coefficient (Wildman–Crippen LogP) is 5.02. The van der Waals surface area contributed by atoms with Gasteiger partial charge in [0.25, 0.3) is 11.1 Å². The van der Waals surface area contributed by atoms with Crippen LogP contribution in [0.15, 0.2) is 51.8 Å². The number of aryl methyl sites for hydroxylation is 1. The van der Waals surface area contributed by atoms with E-state index in [4.69, 9.17) is 9.47 Å². The van der Waals surface area contributed by atoms with Crippen LogP contribution >= 0.6 is 27.7 Å². The highest BCUT2D eigenvalue weighted by Gasteiger charge is 2.34. The quantitative estimate of drug-likeness (QED) is 0.541. The van der Waals surface area contributed by atoms with Crippen LogP contribution in [-0.4, -0.2) is 36.3 Å². The van der Waals surface area contributed by atoms with Gasteiger partial charge in [-0.15, -0.1) is 0 Å². The number of hydrogen-bond acceptors (Lipinski definition) is 5. The first-order valence-corrected chi connectivity index (χ1v) is 10.3. The van der Waals surface area contributed by atoms with Gasteiger partial charge in [-0.05, 0) is 48.5 Å². The zero-order valence-electron chi connectivity index (χ0n) is 15.6. The third-order valence-corrected chi connectivity index (χ3v) is 5.57. The first kappa shape index (κ1) is 20.6. The van der Waals surface area contributed by atoms with Gasteiger partial charge in [-0.25, -0.2) is 0 Å². The van der Waals surface area contributed by atoms with E-state index in [1.54, 1.807) is 6.08 Å². The monoisotopic (exact) mass is 461 g/mol. The minimum Gasteiger partial charge on any atom is -0.488 e. The Kier molecular flexibility index (Phi) is 6.93. The van der Waals surface area contributed by atoms with E-state index >= 15 is 0 Å². The Morgan fingerprint density at radius 1 is 1.14 bits per heavy atom. The molecule has 0 unspecified atom stereocenters. The van der Waals surface area contributed by atoms with Gasteiger partial charge in [-0.1, -0.05) is 45.8 Å². The number of methoxy groups -OCH3 is 1. The number of imide groups is 1. The van der Waals surface area contributed by atoms with Gasteiger partial charge in [0.15, 0.2) is 0 Å². The highest BCUT2D eigenvalue weighted by molar-refractivity contribution is 9.10. The molecule has 1 aliphatic heterocycles. The van der Waals surface area contributed by atoms with Crippen LogP contribution in [0.25, 0.3) is 6.08 Å². The number of nitrogens with zero attached hydrogens (tertiary/aromatic N) is 1. The lowest BCUT2D eigenvalue weighted by Crippen LogP contribution is -2.31. The van der Waals surface area contributed by atoms with E-state index < -0.39 is 0 Å². The van der Waals surface area contributed by atoms with E-state index in [-0.39, 0.29) is 17.7 Å². The van der Waals surface area contributed by atoms with Gasteiger partial charge in [0, 0.05) is 17.1 Å². The van der Waals surface area contributed by atoms with Crippen molar-refractivity contribution in [1.82, 2.24) is 4.90 Å². The number of benzene rings is 2. The lowest BCUT2D eigenvalue weighted by atomic mass is 10.1. The Bertz CT molecular complexity index is 911. The van der Waals surface area contributed by atoms with E-state index in [0.29, 0.717) is 23.9 Å². The molecular weight excluding hydrogens is 442 g/mol. The normalized spacial score (nSPS) is 15.5. The predicted molar refractivity (Wildman–Crippen MR) is 114 cm³/mol. The Morgan fingerprint density at radius 2 is 1.89 bits per heavy atom. The minimum atomic E-state index is -0.309. The highest BCUT2D eigenvalue weighted by Crippen LogP contribution is 2.35. The van der Waals surface area contributed by atoms with E-state index in [1.807, 2.05) is 49.4 Å². The molecule has 1 fully saturated rings. The van der Waals surface area contributed by atoms with Gasteiger partial charge < -0.3 is 9.47 Å². The topological polar surface area (TPSA) is 55.8 Å². The van der Waals surface area contributed by atoms with Gasteiger partial charge in [-0.3, -0.25) is 14.5 Å². The molecule has 0 radical (unpaired) electrons. The molecule has 1 aliphatic rings. The standard InChI is InChI=1S/C21H20BrNO4S/c1-14-3-5-15(6-4-14)13-27-18-8-7-17(22)11-16(18)12-19-20(24)23(9-10-26-2)21(25)28-19/h3-8,11-12H,9-10,13H2,1-2H3/b19-12+. The summed E-state index contributed by atoms with van der Waals surface area (Å²) in [6, 6.07) is 13.7. The number of hydrogen-bond donors (Lipinski definition) is 0. The molecule has 2 aromatic carbocycles. The highest BCUT2D eigenvalue weighted by atomic mass is 79.9. The first-order chi connectivity index (χ1) is 13.5. The van der Waals surface area contributed by atoms with Crippen LogP contribution in [0.1, 0.15) is 16.7 Å². The fourth-order valence-electron chi connectivity index (χ4n) is 2.63. The maximum absolute atomic E-state index is 12.5. The van der Waals surface area contributed by atoms with Gasteiger partial charge in [0.2, 0.25) is 0 Å². The summed E-state index contributed by atoms with van der Waals surface area (Å²) in [7, 11) is 1.54. The minimum absolute atomic E-state index is 0.244. The summed E-state index contributed by atoms with van der Waals surface area (Å²) in [5.41, 5.74) is 2.98. The Hall–Kier alpha value is -2.09. The fraction of sp³-hybridized carbons (Fsp3) is 0.238. The fourth-order valence-corrected chi connectivity index (χ4v) is 3.86. The smallest absolute Gasteiger partial charge is 0.293 e. The summed E-state index contributed by atoms with van der Waals surface area (Å²) in [6.45, 7) is 3.01. The van der Waals surface area contributed by atoms with E-state index in [9.17, 15) is 9.59 Å². The molecule has 1 saturated heterocycles. The molecule has 0 N–H and O–H groups in total. The summed E-state index contributed by atoms with van der Waals surface area (Å²) in [6.07, 6.45) is 1.70. The van der Waals surface area contributed by atoms with E-state index in [0.717, 1.165) is 27.4 Å². The van der Waals surface area contributed by atoms with E-state index in [1.165, 1.54) is 17.6 Å². The largest absolute Gasteiger partial charge is 0.488 e. The molecule has 7 heteroatoms.